The van der Waals surface area contributed by atoms with E-state index in [1.54, 1.807) is 0 Å². The quantitative estimate of drug-likeness (QED) is 0.898. The average molecular weight is 288 g/mol. The zero-order chi connectivity index (χ0) is 14.8. The zero-order valence-corrected chi connectivity index (χ0v) is 10.8. The van der Waals surface area contributed by atoms with Crippen molar-refractivity contribution in [2.45, 2.75) is 25.7 Å². The van der Waals surface area contributed by atoms with Gasteiger partial charge in [0, 0.05) is 11.7 Å². The minimum Gasteiger partial charge on any atom is -0.406 e. The second-order valence-electron chi connectivity index (χ2n) is 4.70. The number of ether oxygens (including phenoxy) is 1. The van der Waals surface area contributed by atoms with Crippen molar-refractivity contribution in [3.05, 3.63) is 24.3 Å². The number of carbonyl (C=O) groups excluding carboxylic acids is 1. The monoisotopic (exact) mass is 288 g/mol. The highest BCUT2D eigenvalue weighted by atomic mass is 19.4. The van der Waals surface area contributed by atoms with Crippen LogP contribution in [0.4, 0.5) is 18.9 Å². The van der Waals surface area contributed by atoms with E-state index in [9.17, 15) is 18.0 Å². The van der Waals surface area contributed by atoms with Gasteiger partial charge in [-0.25, -0.2) is 0 Å². The molecule has 1 heterocycles. The number of halogens is 3. The Morgan fingerprint density at radius 3 is 2.50 bits per heavy atom. The number of benzene rings is 1. The van der Waals surface area contributed by atoms with Gasteiger partial charge in [0.1, 0.15) is 5.75 Å². The Labute approximate surface area is 114 Å². The van der Waals surface area contributed by atoms with Crippen molar-refractivity contribution in [1.29, 1.82) is 0 Å². The van der Waals surface area contributed by atoms with Crippen LogP contribution in [0.1, 0.15) is 13.3 Å². The van der Waals surface area contributed by atoms with Gasteiger partial charge in [-0.15, -0.1) is 13.2 Å². The lowest BCUT2D eigenvalue weighted by atomic mass is 10.0. The maximum Gasteiger partial charge on any atom is 0.573 e. The largest absolute Gasteiger partial charge is 0.573 e. The van der Waals surface area contributed by atoms with Gasteiger partial charge >= 0.3 is 6.36 Å². The van der Waals surface area contributed by atoms with Gasteiger partial charge in [0.05, 0.1) is 5.92 Å². The summed E-state index contributed by atoms with van der Waals surface area (Å²) >= 11 is 0. The van der Waals surface area contributed by atoms with Gasteiger partial charge < -0.3 is 15.4 Å². The molecule has 1 saturated heterocycles. The third-order valence-corrected chi connectivity index (χ3v) is 3.22. The fourth-order valence-electron chi connectivity index (χ4n) is 2.19. The van der Waals surface area contributed by atoms with Gasteiger partial charge in [-0.3, -0.25) is 4.79 Å². The third-order valence-electron chi connectivity index (χ3n) is 3.22. The van der Waals surface area contributed by atoms with E-state index in [0.717, 1.165) is 13.0 Å². The maximum atomic E-state index is 12.0. The number of anilines is 1. The molecule has 110 valence electrons. The number of hydrogen-bond acceptors (Lipinski definition) is 3. The Balaban J connectivity index is 1.95. The van der Waals surface area contributed by atoms with E-state index in [4.69, 9.17) is 0 Å². The molecule has 1 amide bonds. The molecule has 2 rings (SSSR count). The van der Waals surface area contributed by atoms with Crippen LogP contribution < -0.4 is 15.4 Å². The Bertz CT molecular complexity index is 473. The van der Waals surface area contributed by atoms with Crippen LogP contribution in [-0.2, 0) is 4.79 Å². The Hall–Kier alpha value is -1.76. The molecule has 1 aromatic rings. The maximum absolute atomic E-state index is 12.0. The van der Waals surface area contributed by atoms with E-state index in [0.29, 0.717) is 5.69 Å². The molecule has 0 saturated carbocycles. The van der Waals surface area contributed by atoms with Gasteiger partial charge in [0.2, 0.25) is 5.91 Å². The average Bonchev–Trinajstić information content (AvgIpc) is 2.76. The summed E-state index contributed by atoms with van der Waals surface area (Å²) in [5.41, 5.74) is 0.448. The predicted octanol–water partition coefficient (Wildman–Crippen LogP) is 2.52. The highest BCUT2D eigenvalue weighted by Gasteiger charge is 2.31. The van der Waals surface area contributed by atoms with E-state index >= 15 is 0 Å². The highest BCUT2D eigenvalue weighted by Crippen LogP contribution is 2.24. The van der Waals surface area contributed by atoms with Crippen LogP contribution in [-0.4, -0.2) is 24.9 Å². The molecule has 4 nitrogen and oxygen atoms in total. The van der Waals surface area contributed by atoms with Crippen LogP contribution in [0.3, 0.4) is 0 Å². The topological polar surface area (TPSA) is 50.4 Å². The summed E-state index contributed by atoms with van der Waals surface area (Å²) in [6.45, 7) is 2.72. The molecule has 2 unspecified atom stereocenters. The van der Waals surface area contributed by atoms with Gasteiger partial charge in [-0.2, -0.15) is 0 Å². The number of hydrogen-bond donors (Lipinski definition) is 2. The number of nitrogens with one attached hydrogen (secondary N) is 2. The van der Waals surface area contributed by atoms with Crippen molar-refractivity contribution in [1.82, 2.24) is 5.32 Å². The first-order valence-electron chi connectivity index (χ1n) is 6.25. The molecule has 7 heteroatoms. The van der Waals surface area contributed by atoms with Gasteiger partial charge in [0.15, 0.2) is 0 Å². The summed E-state index contributed by atoms with van der Waals surface area (Å²) < 4.78 is 39.8. The van der Waals surface area contributed by atoms with Crippen LogP contribution in [0, 0.1) is 5.92 Å². The number of carbonyl (C=O) groups is 1. The molecule has 1 fully saturated rings. The second-order valence-corrected chi connectivity index (χ2v) is 4.70. The molecule has 0 spiro atoms. The van der Waals surface area contributed by atoms with Crippen LogP contribution in [0.2, 0.25) is 0 Å². The lowest BCUT2D eigenvalue weighted by molar-refractivity contribution is -0.274. The second kappa shape index (κ2) is 5.70. The molecule has 1 aromatic carbocycles. The molecule has 0 radical (unpaired) electrons. The predicted molar refractivity (Wildman–Crippen MR) is 67.3 cm³/mol. The summed E-state index contributed by atoms with van der Waals surface area (Å²) in [5, 5.41) is 5.85. The fourth-order valence-corrected chi connectivity index (χ4v) is 2.19. The standard InChI is InChI=1S/C13H15F3N2O2/c1-8-11(6-7-17-8)12(19)18-9-2-4-10(5-3-9)20-13(14,15)16/h2-5,8,11,17H,6-7H2,1H3,(H,18,19). The molecule has 0 aliphatic carbocycles. The third kappa shape index (κ3) is 3.86. The summed E-state index contributed by atoms with van der Waals surface area (Å²) in [6, 6.07) is 5.19. The first-order valence-corrected chi connectivity index (χ1v) is 6.25. The van der Waals surface area contributed by atoms with Crippen molar-refractivity contribution in [3.63, 3.8) is 0 Å². The molecule has 20 heavy (non-hydrogen) atoms. The SMILES string of the molecule is CC1NCCC1C(=O)Nc1ccc(OC(F)(F)F)cc1. The van der Waals surface area contributed by atoms with Crippen LogP contribution >= 0.6 is 0 Å². The Morgan fingerprint density at radius 2 is 2.00 bits per heavy atom. The lowest BCUT2D eigenvalue weighted by Gasteiger charge is -2.15. The molecule has 0 aromatic heterocycles. The van der Waals surface area contributed by atoms with Crippen molar-refractivity contribution in [2.75, 3.05) is 11.9 Å². The van der Waals surface area contributed by atoms with Crippen molar-refractivity contribution in [3.8, 4) is 5.75 Å². The van der Waals surface area contributed by atoms with E-state index in [1.165, 1.54) is 24.3 Å². The molecule has 1 aliphatic rings. The number of amides is 1. The first-order chi connectivity index (χ1) is 9.35. The van der Waals surface area contributed by atoms with E-state index in [1.807, 2.05) is 6.92 Å². The smallest absolute Gasteiger partial charge is 0.406 e. The van der Waals surface area contributed by atoms with Crippen molar-refractivity contribution >= 4 is 11.6 Å². The molecule has 0 bridgehead atoms. The zero-order valence-electron chi connectivity index (χ0n) is 10.8. The van der Waals surface area contributed by atoms with E-state index in [-0.39, 0.29) is 23.6 Å². The normalized spacial score (nSPS) is 22.6. The summed E-state index contributed by atoms with van der Waals surface area (Å²) in [7, 11) is 0. The Morgan fingerprint density at radius 1 is 1.35 bits per heavy atom. The van der Waals surface area contributed by atoms with Crippen molar-refractivity contribution in [2.24, 2.45) is 5.92 Å². The molecule has 2 N–H and O–H groups in total. The first kappa shape index (κ1) is 14.6. The minimum absolute atomic E-state index is 0.0998. The molecular formula is C13H15F3N2O2. The highest BCUT2D eigenvalue weighted by molar-refractivity contribution is 5.93. The van der Waals surface area contributed by atoms with E-state index < -0.39 is 6.36 Å². The molecule has 1 aliphatic heterocycles. The molecule has 2 atom stereocenters. The van der Waals surface area contributed by atoms with Gasteiger partial charge in [-0.05, 0) is 44.2 Å². The summed E-state index contributed by atoms with van der Waals surface area (Å²) in [4.78, 5) is 12.0. The van der Waals surface area contributed by atoms with Gasteiger partial charge in [-0.1, -0.05) is 0 Å². The summed E-state index contributed by atoms with van der Waals surface area (Å²) in [6.07, 6.45) is -3.96. The van der Waals surface area contributed by atoms with E-state index in [2.05, 4.69) is 15.4 Å². The summed E-state index contributed by atoms with van der Waals surface area (Å²) in [5.74, 6) is -0.570. The van der Waals surface area contributed by atoms with Crippen molar-refractivity contribution < 1.29 is 22.7 Å². The Kier molecular flexibility index (Phi) is 4.17. The lowest BCUT2D eigenvalue weighted by Crippen LogP contribution is -2.32. The van der Waals surface area contributed by atoms with Crippen LogP contribution in [0.15, 0.2) is 24.3 Å². The van der Waals surface area contributed by atoms with Gasteiger partial charge in [0.25, 0.3) is 0 Å². The van der Waals surface area contributed by atoms with Crippen LogP contribution in [0.5, 0.6) is 5.75 Å². The number of rotatable bonds is 3. The fraction of sp³-hybridized carbons (Fsp3) is 0.462. The molecular weight excluding hydrogens is 273 g/mol. The minimum atomic E-state index is -4.71. The number of alkyl halides is 3. The van der Waals surface area contributed by atoms with Crippen LogP contribution in [0.25, 0.3) is 0 Å².